The molecule has 3 heterocycles. The van der Waals surface area contributed by atoms with Crippen LogP contribution in [0.5, 0.6) is 0 Å². The molecule has 9 heteroatoms. The Morgan fingerprint density at radius 2 is 1.85 bits per heavy atom. The van der Waals surface area contributed by atoms with Gasteiger partial charge in [-0.15, -0.1) is 0 Å². The van der Waals surface area contributed by atoms with Gasteiger partial charge in [0, 0.05) is 36.3 Å². The molecule has 0 atom stereocenters. The quantitative estimate of drug-likeness (QED) is 0.693. The van der Waals surface area contributed by atoms with Crippen LogP contribution in [0, 0.1) is 13.8 Å². The summed E-state index contributed by atoms with van der Waals surface area (Å²) in [6.07, 6.45) is 1.37. The molecule has 1 fully saturated rings. The second-order valence-corrected chi connectivity index (χ2v) is 6.60. The van der Waals surface area contributed by atoms with Crippen molar-refractivity contribution in [3.05, 3.63) is 60.0 Å². The summed E-state index contributed by atoms with van der Waals surface area (Å²) in [6.45, 7) is 4.43. The van der Waals surface area contributed by atoms with Gasteiger partial charge in [-0.3, -0.25) is 19.4 Å². The van der Waals surface area contributed by atoms with Crippen molar-refractivity contribution in [1.82, 2.24) is 24.8 Å². The molecule has 9 nitrogen and oxygen atoms in total. The molecule has 0 aliphatic carbocycles. The van der Waals surface area contributed by atoms with Crippen LogP contribution in [-0.4, -0.2) is 43.8 Å². The smallest absolute Gasteiger partial charge is 0.325 e. The number of nitrogens with one attached hydrogen (secondary N) is 3. The van der Waals surface area contributed by atoms with Crippen LogP contribution in [0.2, 0.25) is 0 Å². The lowest BCUT2D eigenvalue weighted by molar-refractivity contribution is -0.131. The van der Waals surface area contributed by atoms with Gasteiger partial charge < -0.3 is 14.9 Å². The van der Waals surface area contributed by atoms with Crippen molar-refractivity contribution >= 4 is 5.91 Å². The number of amides is 1. The minimum absolute atomic E-state index is 0.0506. The number of carbonyl (C=O) groups excluding carboxylic acids is 1. The fraction of sp³-hybridized carbons (Fsp3) is 0.471. The molecule has 138 valence electrons. The number of aryl methyl sites for hydroxylation is 2. The Morgan fingerprint density at radius 3 is 2.46 bits per heavy atom. The summed E-state index contributed by atoms with van der Waals surface area (Å²) in [5.74, 6) is 0.566. The highest BCUT2D eigenvalue weighted by atomic mass is 16.2. The number of hydrogen-bond donors (Lipinski definition) is 3. The van der Waals surface area contributed by atoms with Gasteiger partial charge in [0.25, 0.3) is 11.1 Å². The number of nitrogens with zero attached hydrogens (tertiary/aromatic N) is 2. The van der Waals surface area contributed by atoms with E-state index in [0.717, 1.165) is 5.69 Å². The van der Waals surface area contributed by atoms with Crippen LogP contribution in [0.15, 0.2) is 20.4 Å². The number of rotatable bonds is 3. The third-order valence-electron chi connectivity index (χ3n) is 4.73. The predicted octanol–water partition coefficient (Wildman–Crippen LogP) is -0.288. The number of H-pyrrole nitrogens is 3. The molecule has 0 saturated carbocycles. The maximum absolute atomic E-state index is 12.5. The number of carbonyl (C=O) groups is 1. The fourth-order valence-electron chi connectivity index (χ4n) is 3.34. The normalized spacial score (nSPS) is 15.2. The molecule has 1 aliphatic rings. The van der Waals surface area contributed by atoms with Gasteiger partial charge in [0.2, 0.25) is 5.91 Å². The average molecular weight is 359 g/mol. The maximum Gasteiger partial charge on any atom is 0.325 e. The van der Waals surface area contributed by atoms with E-state index >= 15 is 0 Å². The van der Waals surface area contributed by atoms with Gasteiger partial charge in [-0.2, -0.15) is 0 Å². The summed E-state index contributed by atoms with van der Waals surface area (Å²) in [4.78, 5) is 60.6. The van der Waals surface area contributed by atoms with Crippen LogP contribution in [0.3, 0.4) is 0 Å². The lowest BCUT2D eigenvalue weighted by atomic mass is 9.93. The molecule has 26 heavy (non-hydrogen) atoms. The molecule has 0 aromatic carbocycles. The predicted molar refractivity (Wildman–Crippen MR) is 94.3 cm³/mol. The second-order valence-electron chi connectivity index (χ2n) is 6.60. The molecule has 0 radical (unpaired) electrons. The SMILES string of the molecule is Cc1nc(C2CCN(C(=O)Cc3c(C)[nH]c(=O)[nH]c3=O)CC2)cc(=O)[nH]1. The Kier molecular flexibility index (Phi) is 4.88. The van der Waals surface area contributed by atoms with Crippen LogP contribution in [0.25, 0.3) is 0 Å². The Hall–Kier alpha value is -2.97. The van der Waals surface area contributed by atoms with Crippen molar-refractivity contribution in [3.63, 3.8) is 0 Å². The van der Waals surface area contributed by atoms with Crippen molar-refractivity contribution in [2.75, 3.05) is 13.1 Å². The minimum Gasteiger partial charge on any atom is -0.342 e. The van der Waals surface area contributed by atoms with Crippen molar-refractivity contribution in [2.24, 2.45) is 0 Å². The van der Waals surface area contributed by atoms with Gasteiger partial charge in [-0.25, -0.2) is 9.78 Å². The monoisotopic (exact) mass is 359 g/mol. The summed E-state index contributed by atoms with van der Waals surface area (Å²) in [6, 6.07) is 1.51. The fourth-order valence-corrected chi connectivity index (χ4v) is 3.34. The van der Waals surface area contributed by atoms with E-state index in [-0.39, 0.29) is 29.4 Å². The van der Waals surface area contributed by atoms with E-state index in [2.05, 4.69) is 19.9 Å². The lowest BCUT2D eigenvalue weighted by Crippen LogP contribution is -2.40. The third-order valence-corrected chi connectivity index (χ3v) is 4.73. The Bertz CT molecular complexity index is 995. The molecule has 3 rings (SSSR count). The van der Waals surface area contributed by atoms with Crippen LogP contribution in [-0.2, 0) is 11.2 Å². The first kappa shape index (κ1) is 17.8. The molecular formula is C17H21N5O4. The lowest BCUT2D eigenvalue weighted by Gasteiger charge is -2.31. The van der Waals surface area contributed by atoms with Gasteiger partial charge in [-0.05, 0) is 26.7 Å². The highest BCUT2D eigenvalue weighted by Crippen LogP contribution is 2.26. The van der Waals surface area contributed by atoms with Crippen LogP contribution >= 0.6 is 0 Å². The van der Waals surface area contributed by atoms with Gasteiger partial charge in [0.1, 0.15) is 5.82 Å². The van der Waals surface area contributed by atoms with Crippen molar-refractivity contribution < 1.29 is 4.79 Å². The number of piperidine rings is 1. The van der Waals surface area contributed by atoms with Gasteiger partial charge in [0.05, 0.1) is 12.1 Å². The number of hydrogen-bond acceptors (Lipinski definition) is 5. The summed E-state index contributed by atoms with van der Waals surface area (Å²) >= 11 is 0. The Morgan fingerprint density at radius 1 is 1.15 bits per heavy atom. The van der Waals surface area contributed by atoms with E-state index < -0.39 is 11.2 Å². The first-order chi connectivity index (χ1) is 12.3. The highest BCUT2D eigenvalue weighted by Gasteiger charge is 2.26. The summed E-state index contributed by atoms with van der Waals surface area (Å²) in [7, 11) is 0. The first-order valence-corrected chi connectivity index (χ1v) is 8.51. The molecule has 3 N–H and O–H groups in total. The van der Waals surface area contributed by atoms with E-state index in [4.69, 9.17) is 0 Å². The topological polar surface area (TPSA) is 132 Å². The Labute approximate surface area is 148 Å². The van der Waals surface area contributed by atoms with Crippen LogP contribution in [0.4, 0.5) is 0 Å². The largest absolute Gasteiger partial charge is 0.342 e. The maximum atomic E-state index is 12.5. The molecule has 0 spiro atoms. The van der Waals surface area contributed by atoms with E-state index in [1.165, 1.54) is 6.07 Å². The van der Waals surface area contributed by atoms with Crippen molar-refractivity contribution in [3.8, 4) is 0 Å². The molecule has 0 bridgehead atoms. The molecule has 0 unspecified atom stereocenters. The first-order valence-electron chi connectivity index (χ1n) is 8.51. The van der Waals surface area contributed by atoms with Gasteiger partial charge >= 0.3 is 5.69 Å². The zero-order valence-corrected chi connectivity index (χ0v) is 14.7. The minimum atomic E-state index is -0.579. The zero-order valence-electron chi connectivity index (χ0n) is 14.7. The number of aromatic amines is 3. The molecule has 1 aliphatic heterocycles. The summed E-state index contributed by atoms with van der Waals surface area (Å²) in [5.41, 5.74) is 0.168. The molecule has 1 saturated heterocycles. The molecular weight excluding hydrogens is 338 g/mol. The number of likely N-dealkylation sites (tertiary alicyclic amines) is 1. The summed E-state index contributed by atoms with van der Waals surface area (Å²) < 4.78 is 0. The standard InChI is InChI=1S/C17H21N5O4/c1-9-12(16(25)21-17(26)18-9)7-15(24)22-5-3-11(4-6-22)13-8-14(23)20-10(2)19-13/h8,11H,3-7H2,1-2H3,(H,19,20,23)(H2,18,21,25,26). The summed E-state index contributed by atoms with van der Waals surface area (Å²) in [5, 5.41) is 0. The zero-order chi connectivity index (χ0) is 18.8. The second kappa shape index (κ2) is 7.11. The van der Waals surface area contributed by atoms with E-state index in [0.29, 0.717) is 37.4 Å². The van der Waals surface area contributed by atoms with Gasteiger partial charge in [0.15, 0.2) is 0 Å². The third kappa shape index (κ3) is 3.81. The van der Waals surface area contributed by atoms with E-state index in [1.807, 2.05) is 0 Å². The van der Waals surface area contributed by atoms with E-state index in [9.17, 15) is 19.2 Å². The van der Waals surface area contributed by atoms with Crippen molar-refractivity contribution in [1.29, 1.82) is 0 Å². The van der Waals surface area contributed by atoms with Crippen molar-refractivity contribution in [2.45, 2.75) is 39.0 Å². The number of aromatic nitrogens is 4. The highest BCUT2D eigenvalue weighted by molar-refractivity contribution is 5.79. The van der Waals surface area contributed by atoms with Gasteiger partial charge in [-0.1, -0.05) is 0 Å². The van der Waals surface area contributed by atoms with Crippen LogP contribution < -0.4 is 16.8 Å². The molecule has 2 aromatic rings. The average Bonchev–Trinajstić information content (AvgIpc) is 2.57. The van der Waals surface area contributed by atoms with Crippen LogP contribution in [0.1, 0.15) is 41.5 Å². The van der Waals surface area contributed by atoms with E-state index in [1.54, 1.807) is 18.7 Å². The Balaban J connectivity index is 1.66. The molecule has 1 amide bonds. The molecule has 2 aromatic heterocycles.